The molecule has 0 fully saturated rings. The number of hydrogen-bond donors (Lipinski definition) is 1. The molecule has 0 radical (unpaired) electrons. The molecule has 2 aromatic heterocycles. The first-order chi connectivity index (χ1) is 9.15. The van der Waals surface area contributed by atoms with Gasteiger partial charge >= 0.3 is 0 Å². The van der Waals surface area contributed by atoms with E-state index in [0.29, 0.717) is 28.9 Å². The molecule has 1 atom stereocenters. The summed E-state index contributed by atoms with van der Waals surface area (Å²) in [4.78, 5) is 3.94. The first-order valence-electron chi connectivity index (χ1n) is 5.70. The highest BCUT2D eigenvalue weighted by molar-refractivity contribution is 6.32. The van der Waals surface area contributed by atoms with Crippen molar-refractivity contribution >= 4 is 23.2 Å². The van der Waals surface area contributed by atoms with Crippen molar-refractivity contribution in [1.29, 1.82) is 0 Å². The van der Waals surface area contributed by atoms with Gasteiger partial charge in [0.05, 0.1) is 41.1 Å². The molecule has 1 unspecified atom stereocenters. The van der Waals surface area contributed by atoms with Crippen LogP contribution >= 0.6 is 23.2 Å². The number of methoxy groups -OCH3 is 1. The maximum absolute atomic E-state index is 6.24. The fraction of sp³-hybridized carbons (Fsp3) is 0.333. The number of hydrogen-bond acceptors (Lipinski definition) is 4. The van der Waals surface area contributed by atoms with Crippen LogP contribution in [-0.4, -0.2) is 28.5 Å². The van der Waals surface area contributed by atoms with Crippen molar-refractivity contribution in [3.8, 4) is 0 Å². The molecule has 0 amide bonds. The number of nitrogens with two attached hydrogens (primary N) is 1. The molecule has 2 N–H and O–H groups in total. The zero-order chi connectivity index (χ0) is 13.8. The Morgan fingerprint density at radius 1 is 1.37 bits per heavy atom. The summed E-state index contributed by atoms with van der Waals surface area (Å²) in [5, 5.41) is 5.21. The molecule has 102 valence electrons. The van der Waals surface area contributed by atoms with Crippen LogP contribution in [-0.2, 0) is 11.3 Å². The first kappa shape index (κ1) is 14.3. The molecular formula is C12H14Cl2N4O. The van der Waals surface area contributed by atoms with E-state index in [9.17, 15) is 0 Å². The van der Waals surface area contributed by atoms with E-state index in [1.807, 2.05) is 0 Å². The minimum Gasteiger partial charge on any atom is -0.383 e. The average Bonchev–Trinajstić information content (AvgIpc) is 2.77. The first-order valence-corrected chi connectivity index (χ1v) is 6.46. The monoisotopic (exact) mass is 300 g/mol. The topological polar surface area (TPSA) is 66.0 Å². The quantitative estimate of drug-likeness (QED) is 0.920. The van der Waals surface area contributed by atoms with Gasteiger partial charge in [-0.3, -0.25) is 9.67 Å². The van der Waals surface area contributed by atoms with Gasteiger partial charge in [0.15, 0.2) is 0 Å². The van der Waals surface area contributed by atoms with Crippen molar-refractivity contribution in [3.05, 3.63) is 46.0 Å². The van der Waals surface area contributed by atoms with Crippen LogP contribution in [0, 0.1) is 0 Å². The van der Waals surface area contributed by atoms with Crippen LogP contribution in [0.25, 0.3) is 0 Å². The molecule has 7 heteroatoms. The Hall–Kier alpha value is -1.14. The van der Waals surface area contributed by atoms with Crippen molar-refractivity contribution in [3.63, 3.8) is 0 Å². The standard InChI is InChI=1S/C12H14Cl2N4O/c1-19-5-4-18-12(10(14)7-17-18)11(15)8-2-3-16-6-9(8)13/h2-3,6-7,11H,4-5,15H2,1H3. The molecule has 0 saturated carbocycles. The second-order valence-corrected chi connectivity index (χ2v) is 4.78. The number of aromatic nitrogens is 3. The van der Waals surface area contributed by atoms with Gasteiger partial charge in [-0.2, -0.15) is 5.10 Å². The minimum absolute atomic E-state index is 0.456. The van der Waals surface area contributed by atoms with Crippen molar-refractivity contribution < 1.29 is 4.74 Å². The molecule has 5 nitrogen and oxygen atoms in total. The number of ether oxygens (including phenoxy) is 1. The third-order valence-corrected chi connectivity index (χ3v) is 3.38. The van der Waals surface area contributed by atoms with Crippen LogP contribution in [0.1, 0.15) is 17.3 Å². The number of pyridine rings is 1. The van der Waals surface area contributed by atoms with Crippen LogP contribution < -0.4 is 5.73 Å². The lowest BCUT2D eigenvalue weighted by molar-refractivity contribution is 0.182. The molecule has 0 aliphatic carbocycles. The maximum Gasteiger partial charge on any atom is 0.0837 e. The molecule has 2 heterocycles. The summed E-state index contributed by atoms with van der Waals surface area (Å²) in [6.45, 7) is 1.11. The normalized spacial score (nSPS) is 12.6. The van der Waals surface area contributed by atoms with Crippen molar-refractivity contribution in [2.45, 2.75) is 12.6 Å². The number of nitrogens with zero attached hydrogens (tertiary/aromatic N) is 3. The summed E-state index contributed by atoms with van der Waals surface area (Å²) < 4.78 is 6.77. The summed E-state index contributed by atoms with van der Waals surface area (Å²) in [5.74, 6) is 0. The molecule has 0 saturated heterocycles. The van der Waals surface area contributed by atoms with Gasteiger partial charge in [0, 0.05) is 19.5 Å². The van der Waals surface area contributed by atoms with Gasteiger partial charge in [-0.1, -0.05) is 23.2 Å². The number of halogens is 2. The van der Waals surface area contributed by atoms with Crippen molar-refractivity contribution in [2.24, 2.45) is 5.73 Å². The predicted octanol–water partition coefficient (Wildman–Crippen LogP) is 2.28. The van der Waals surface area contributed by atoms with E-state index in [1.165, 1.54) is 0 Å². The third kappa shape index (κ3) is 3.06. The molecule has 0 bridgehead atoms. The molecule has 0 spiro atoms. The highest BCUT2D eigenvalue weighted by Gasteiger charge is 2.20. The van der Waals surface area contributed by atoms with E-state index in [4.69, 9.17) is 33.7 Å². The fourth-order valence-corrected chi connectivity index (χ4v) is 2.32. The highest BCUT2D eigenvalue weighted by Crippen LogP contribution is 2.29. The maximum atomic E-state index is 6.24. The van der Waals surface area contributed by atoms with Crippen LogP contribution in [0.2, 0.25) is 10.0 Å². The second-order valence-electron chi connectivity index (χ2n) is 3.97. The van der Waals surface area contributed by atoms with E-state index in [0.717, 1.165) is 5.56 Å². The molecule has 0 aliphatic heterocycles. The smallest absolute Gasteiger partial charge is 0.0837 e. The third-order valence-electron chi connectivity index (χ3n) is 2.77. The van der Waals surface area contributed by atoms with E-state index in [1.54, 1.807) is 36.4 Å². The Morgan fingerprint density at radius 2 is 2.16 bits per heavy atom. The summed E-state index contributed by atoms with van der Waals surface area (Å²) >= 11 is 12.3. The lowest BCUT2D eigenvalue weighted by atomic mass is 10.1. The van der Waals surface area contributed by atoms with E-state index >= 15 is 0 Å². The highest BCUT2D eigenvalue weighted by atomic mass is 35.5. The van der Waals surface area contributed by atoms with Gasteiger partial charge in [0.25, 0.3) is 0 Å². The largest absolute Gasteiger partial charge is 0.383 e. The molecule has 2 aromatic rings. The Bertz CT molecular complexity index is 558. The molecule has 0 aromatic carbocycles. The minimum atomic E-state index is -0.456. The van der Waals surface area contributed by atoms with Gasteiger partial charge in [-0.05, 0) is 11.6 Å². The van der Waals surface area contributed by atoms with Crippen molar-refractivity contribution in [2.75, 3.05) is 13.7 Å². The van der Waals surface area contributed by atoms with Gasteiger partial charge in [-0.15, -0.1) is 0 Å². The van der Waals surface area contributed by atoms with Gasteiger partial charge in [0.2, 0.25) is 0 Å². The zero-order valence-corrected chi connectivity index (χ0v) is 11.9. The summed E-state index contributed by atoms with van der Waals surface area (Å²) in [5.41, 5.74) is 7.71. The fourth-order valence-electron chi connectivity index (χ4n) is 1.82. The van der Waals surface area contributed by atoms with E-state index in [-0.39, 0.29) is 0 Å². The predicted molar refractivity (Wildman–Crippen MR) is 74.4 cm³/mol. The lowest BCUT2D eigenvalue weighted by Gasteiger charge is -2.16. The zero-order valence-electron chi connectivity index (χ0n) is 10.4. The Kier molecular flexibility index (Phi) is 4.76. The number of rotatable bonds is 5. The van der Waals surface area contributed by atoms with Crippen LogP contribution in [0.3, 0.4) is 0 Å². The molecule has 19 heavy (non-hydrogen) atoms. The molecular weight excluding hydrogens is 287 g/mol. The lowest BCUT2D eigenvalue weighted by Crippen LogP contribution is -2.19. The average molecular weight is 301 g/mol. The Morgan fingerprint density at radius 3 is 2.84 bits per heavy atom. The van der Waals surface area contributed by atoms with Gasteiger partial charge < -0.3 is 10.5 Å². The molecule has 0 aliphatic rings. The Balaban J connectivity index is 2.35. The van der Waals surface area contributed by atoms with Crippen LogP contribution in [0.15, 0.2) is 24.7 Å². The molecule has 2 rings (SSSR count). The SMILES string of the molecule is COCCn1ncc(Cl)c1C(N)c1ccncc1Cl. The van der Waals surface area contributed by atoms with Crippen molar-refractivity contribution in [1.82, 2.24) is 14.8 Å². The van der Waals surface area contributed by atoms with Gasteiger partial charge in [0.1, 0.15) is 0 Å². The van der Waals surface area contributed by atoms with E-state index < -0.39 is 6.04 Å². The second kappa shape index (κ2) is 6.34. The van der Waals surface area contributed by atoms with E-state index in [2.05, 4.69) is 10.1 Å². The summed E-state index contributed by atoms with van der Waals surface area (Å²) in [6, 6.07) is 1.32. The summed E-state index contributed by atoms with van der Waals surface area (Å²) in [6.07, 6.45) is 4.77. The Labute approximate surface area is 121 Å². The van der Waals surface area contributed by atoms with Crippen LogP contribution in [0.4, 0.5) is 0 Å². The summed E-state index contributed by atoms with van der Waals surface area (Å²) in [7, 11) is 1.63. The van der Waals surface area contributed by atoms with Crippen LogP contribution in [0.5, 0.6) is 0 Å². The van der Waals surface area contributed by atoms with Gasteiger partial charge in [-0.25, -0.2) is 0 Å².